The molecule has 0 unspecified atom stereocenters. The van der Waals surface area contributed by atoms with Gasteiger partial charge < -0.3 is 5.32 Å². The van der Waals surface area contributed by atoms with Crippen molar-refractivity contribution in [2.24, 2.45) is 0 Å². The largest absolute Gasteiger partial charge is 0.354 e. The Morgan fingerprint density at radius 3 is 2.52 bits per heavy atom. The van der Waals surface area contributed by atoms with Crippen LogP contribution in [0, 0.1) is 0 Å². The van der Waals surface area contributed by atoms with E-state index >= 15 is 0 Å². The van der Waals surface area contributed by atoms with Gasteiger partial charge in [0.1, 0.15) is 0 Å². The minimum absolute atomic E-state index is 0.0524. The Kier molecular flexibility index (Phi) is 6.94. The van der Waals surface area contributed by atoms with Gasteiger partial charge in [-0.05, 0) is 49.4 Å². The minimum atomic E-state index is 0.0524. The molecule has 2 aromatic carbocycles. The first-order chi connectivity index (χ1) is 11.0. The number of hydrogen-bond donors (Lipinski definition) is 1. The molecule has 0 saturated heterocycles. The number of nitrogens with one attached hydrogen (secondary N) is 1. The molecule has 0 bridgehead atoms. The number of hydrogen-bond acceptors (Lipinski definition) is 1. The van der Waals surface area contributed by atoms with Gasteiger partial charge in [-0.3, -0.25) is 4.79 Å². The Bertz CT molecular complexity index is 643. The predicted molar refractivity (Wildman–Crippen MR) is 97.2 cm³/mol. The third-order valence-corrected chi connectivity index (χ3v) is 4.34. The van der Waals surface area contributed by atoms with Crippen LogP contribution in [0.3, 0.4) is 0 Å². The van der Waals surface area contributed by atoms with Gasteiger partial charge in [-0.2, -0.15) is 0 Å². The molecule has 4 heteroatoms. The molecular weight excluding hydrogens is 329 g/mol. The number of carbonyl (C=O) groups excluding carboxylic acids is 1. The molecule has 0 heterocycles. The van der Waals surface area contributed by atoms with E-state index in [2.05, 4.69) is 17.4 Å². The van der Waals surface area contributed by atoms with Gasteiger partial charge in [0, 0.05) is 22.5 Å². The topological polar surface area (TPSA) is 29.1 Å². The molecule has 0 radical (unpaired) electrons. The van der Waals surface area contributed by atoms with Crippen LogP contribution in [-0.4, -0.2) is 11.9 Å². The highest BCUT2D eigenvalue weighted by Gasteiger charge is 2.09. The summed E-state index contributed by atoms with van der Waals surface area (Å²) in [6, 6.07) is 15.8. The Balaban J connectivity index is 1.73. The van der Waals surface area contributed by atoms with Gasteiger partial charge in [0.15, 0.2) is 0 Å². The lowest BCUT2D eigenvalue weighted by atomic mass is 10.1. The van der Waals surface area contributed by atoms with Crippen LogP contribution in [0.1, 0.15) is 30.9 Å². The zero-order chi connectivity index (χ0) is 16.7. The van der Waals surface area contributed by atoms with E-state index in [1.165, 1.54) is 5.56 Å². The van der Waals surface area contributed by atoms with Crippen LogP contribution in [0.4, 0.5) is 0 Å². The van der Waals surface area contributed by atoms with E-state index < -0.39 is 0 Å². The Morgan fingerprint density at radius 2 is 1.83 bits per heavy atom. The number of halogens is 2. The SMILES string of the molecule is C[C@H](CCc1ccccc1)NC(=O)CCc1ccc(Cl)cc1Cl. The van der Waals surface area contributed by atoms with Crippen LogP contribution in [-0.2, 0) is 17.6 Å². The monoisotopic (exact) mass is 349 g/mol. The van der Waals surface area contributed by atoms with Crippen LogP contribution in [0.5, 0.6) is 0 Å². The normalized spacial score (nSPS) is 12.0. The second-order valence-electron chi connectivity index (χ2n) is 5.73. The van der Waals surface area contributed by atoms with Crippen molar-refractivity contribution in [3.8, 4) is 0 Å². The lowest BCUT2D eigenvalue weighted by Crippen LogP contribution is -2.33. The molecule has 2 rings (SSSR count). The summed E-state index contributed by atoms with van der Waals surface area (Å²) in [4.78, 5) is 12.0. The summed E-state index contributed by atoms with van der Waals surface area (Å²) in [5.41, 5.74) is 2.24. The van der Waals surface area contributed by atoms with Crippen molar-refractivity contribution in [2.45, 2.75) is 38.6 Å². The molecule has 0 spiro atoms. The average molecular weight is 350 g/mol. The third kappa shape index (κ3) is 6.25. The van der Waals surface area contributed by atoms with Gasteiger partial charge in [-0.1, -0.05) is 59.6 Å². The molecule has 1 atom stereocenters. The van der Waals surface area contributed by atoms with Crippen LogP contribution >= 0.6 is 23.2 Å². The lowest BCUT2D eigenvalue weighted by Gasteiger charge is -2.14. The van der Waals surface area contributed by atoms with Crippen molar-refractivity contribution in [3.63, 3.8) is 0 Å². The maximum atomic E-state index is 12.0. The molecule has 0 aromatic heterocycles. The number of aryl methyl sites for hydroxylation is 2. The van der Waals surface area contributed by atoms with Gasteiger partial charge >= 0.3 is 0 Å². The number of rotatable bonds is 7. The fraction of sp³-hybridized carbons (Fsp3) is 0.316. The van der Waals surface area contributed by atoms with Crippen LogP contribution in [0.15, 0.2) is 48.5 Å². The van der Waals surface area contributed by atoms with E-state index in [0.29, 0.717) is 22.9 Å². The quantitative estimate of drug-likeness (QED) is 0.743. The highest BCUT2D eigenvalue weighted by Crippen LogP contribution is 2.22. The van der Waals surface area contributed by atoms with E-state index in [-0.39, 0.29) is 11.9 Å². The molecule has 2 nitrogen and oxygen atoms in total. The molecule has 1 amide bonds. The Morgan fingerprint density at radius 1 is 1.09 bits per heavy atom. The highest BCUT2D eigenvalue weighted by molar-refractivity contribution is 6.35. The van der Waals surface area contributed by atoms with E-state index in [1.54, 1.807) is 12.1 Å². The van der Waals surface area contributed by atoms with Crippen molar-refractivity contribution in [2.75, 3.05) is 0 Å². The molecule has 1 N–H and O–H groups in total. The first-order valence-corrected chi connectivity index (χ1v) is 8.57. The molecule has 0 saturated carbocycles. The zero-order valence-corrected chi connectivity index (χ0v) is 14.7. The molecular formula is C19H21Cl2NO. The van der Waals surface area contributed by atoms with Gasteiger partial charge in [-0.25, -0.2) is 0 Å². The fourth-order valence-electron chi connectivity index (χ4n) is 2.42. The number of benzene rings is 2. The first-order valence-electron chi connectivity index (χ1n) is 7.82. The van der Waals surface area contributed by atoms with Crippen molar-refractivity contribution >= 4 is 29.1 Å². The average Bonchev–Trinajstić information content (AvgIpc) is 2.53. The van der Waals surface area contributed by atoms with Crippen LogP contribution < -0.4 is 5.32 Å². The van der Waals surface area contributed by atoms with E-state index in [9.17, 15) is 4.79 Å². The van der Waals surface area contributed by atoms with Crippen LogP contribution in [0.25, 0.3) is 0 Å². The summed E-state index contributed by atoms with van der Waals surface area (Å²) in [7, 11) is 0. The van der Waals surface area contributed by atoms with Gasteiger partial charge in [0.25, 0.3) is 0 Å². The molecule has 23 heavy (non-hydrogen) atoms. The summed E-state index contributed by atoms with van der Waals surface area (Å²) in [6.07, 6.45) is 2.94. The second-order valence-corrected chi connectivity index (χ2v) is 6.57. The van der Waals surface area contributed by atoms with Crippen molar-refractivity contribution in [1.82, 2.24) is 5.32 Å². The van der Waals surface area contributed by atoms with Gasteiger partial charge in [0.2, 0.25) is 5.91 Å². The maximum absolute atomic E-state index is 12.0. The van der Waals surface area contributed by atoms with E-state index in [1.807, 2.05) is 31.2 Å². The van der Waals surface area contributed by atoms with Crippen LogP contribution in [0.2, 0.25) is 10.0 Å². The smallest absolute Gasteiger partial charge is 0.220 e. The van der Waals surface area contributed by atoms with E-state index in [0.717, 1.165) is 18.4 Å². The standard InChI is InChI=1S/C19H21Cl2NO/c1-14(7-8-15-5-3-2-4-6-15)22-19(23)12-10-16-9-11-17(20)13-18(16)21/h2-6,9,11,13-14H,7-8,10,12H2,1H3,(H,22,23)/t14-/m1/s1. The zero-order valence-electron chi connectivity index (χ0n) is 13.2. The van der Waals surface area contributed by atoms with Crippen molar-refractivity contribution in [3.05, 3.63) is 69.7 Å². The molecule has 0 aliphatic heterocycles. The summed E-state index contributed by atoms with van der Waals surface area (Å²) in [5, 5.41) is 4.27. The number of carbonyl (C=O) groups is 1. The minimum Gasteiger partial charge on any atom is -0.354 e. The Labute approximate surface area is 147 Å². The summed E-state index contributed by atoms with van der Waals surface area (Å²) in [6.45, 7) is 2.04. The first kappa shape index (κ1) is 17.8. The molecule has 2 aromatic rings. The fourth-order valence-corrected chi connectivity index (χ4v) is 2.92. The van der Waals surface area contributed by atoms with Gasteiger partial charge in [-0.15, -0.1) is 0 Å². The highest BCUT2D eigenvalue weighted by atomic mass is 35.5. The maximum Gasteiger partial charge on any atom is 0.220 e. The van der Waals surface area contributed by atoms with E-state index in [4.69, 9.17) is 23.2 Å². The third-order valence-electron chi connectivity index (χ3n) is 3.75. The molecule has 0 fully saturated rings. The second kappa shape index (κ2) is 8.95. The number of amides is 1. The van der Waals surface area contributed by atoms with Crippen molar-refractivity contribution in [1.29, 1.82) is 0 Å². The summed E-state index contributed by atoms with van der Waals surface area (Å²) in [5.74, 6) is 0.0524. The summed E-state index contributed by atoms with van der Waals surface area (Å²) >= 11 is 12.0. The van der Waals surface area contributed by atoms with Gasteiger partial charge in [0.05, 0.1) is 0 Å². The summed E-state index contributed by atoms with van der Waals surface area (Å²) < 4.78 is 0. The molecule has 122 valence electrons. The molecule has 0 aliphatic carbocycles. The molecule has 0 aliphatic rings. The lowest BCUT2D eigenvalue weighted by molar-refractivity contribution is -0.121. The Hall–Kier alpha value is -1.51. The van der Waals surface area contributed by atoms with Crippen molar-refractivity contribution < 1.29 is 4.79 Å². The predicted octanol–water partition coefficient (Wildman–Crippen LogP) is 5.06.